The van der Waals surface area contributed by atoms with E-state index in [-0.39, 0.29) is 5.91 Å². The lowest BCUT2D eigenvalue weighted by atomic mass is 10.0. The molecule has 8 heteroatoms. The average Bonchev–Trinajstić information content (AvgIpc) is 2.61. The Morgan fingerprint density at radius 3 is 3.04 bits per heavy atom. The third kappa shape index (κ3) is 3.53. The van der Waals surface area contributed by atoms with E-state index in [0.29, 0.717) is 28.8 Å². The van der Waals surface area contributed by atoms with Crippen LogP contribution in [0.15, 0.2) is 30.9 Å². The maximum absolute atomic E-state index is 12.1. The number of carbonyl (C=O) groups is 1. The third-order valence-corrected chi connectivity index (χ3v) is 4.04. The zero-order chi connectivity index (χ0) is 16.9. The van der Waals surface area contributed by atoms with Gasteiger partial charge in [-0.3, -0.25) is 20.6 Å². The number of amides is 1. The first-order valence-electron chi connectivity index (χ1n) is 7.97. The summed E-state index contributed by atoms with van der Waals surface area (Å²) in [5, 5.41) is 0. The number of hydrogen-bond acceptors (Lipinski definition) is 7. The number of nitrogens with zero attached hydrogens (tertiary/aromatic N) is 4. The van der Waals surface area contributed by atoms with Crippen LogP contribution in [0.2, 0.25) is 0 Å². The van der Waals surface area contributed by atoms with Gasteiger partial charge < -0.3 is 10.6 Å². The van der Waals surface area contributed by atoms with E-state index < -0.39 is 0 Å². The molecule has 126 valence electrons. The van der Waals surface area contributed by atoms with Gasteiger partial charge in [-0.15, -0.1) is 0 Å². The van der Waals surface area contributed by atoms with Gasteiger partial charge in [-0.25, -0.2) is 9.97 Å². The molecule has 0 aromatic carbocycles. The highest BCUT2D eigenvalue weighted by atomic mass is 16.2. The maximum atomic E-state index is 12.1. The quantitative estimate of drug-likeness (QED) is 0.729. The van der Waals surface area contributed by atoms with Crippen molar-refractivity contribution >= 4 is 23.2 Å². The van der Waals surface area contributed by atoms with E-state index in [0.717, 1.165) is 19.5 Å². The highest BCUT2D eigenvalue weighted by Crippen LogP contribution is 2.29. The summed E-state index contributed by atoms with van der Waals surface area (Å²) in [4.78, 5) is 26.6. The molecule has 2 aromatic heterocycles. The van der Waals surface area contributed by atoms with Crippen molar-refractivity contribution < 1.29 is 4.79 Å². The molecule has 1 fully saturated rings. The molecule has 0 aliphatic carbocycles. The van der Waals surface area contributed by atoms with E-state index in [9.17, 15) is 4.79 Å². The largest absolute Gasteiger partial charge is 0.393 e. The van der Waals surface area contributed by atoms with Crippen molar-refractivity contribution in [3.8, 4) is 0 Å². The van der Waals surface area contributed by atoms with Crippen molar-refractivity contribution in [1.29, 1.82) is 0 Å². The van der Waals surface area contributed by atoms with Gasteiger partial charge >= 0.3 is 0 Å². The monoisotopic (exact) mass is 327 g/mol. The number of rotatable bonds is 4. The second-order valence-electron chi connectivity index (χ2n) is 5.97. The molecule has 0 spiro atoms. The molecule has 1 unspecified atom stereocenters. The predicted octanol–water partition coefficient (Wildman–Crippen LogP) is 1.45. The van der Waals surface area contributed by atoms with Gasteiger partial charge in [0.05, 0.1) is 5.56 Å². The van der Waals surface area contributed by atoms with Gasteiger partial charge in [0.1, 0.15) is 12.0 Å². The van der Waals surface area contributed by atoms with Gasteiger partial charge in [-0.1, -0.05) is 6.92 Å². The molecular formula is C16H21N7O. The van der Waals surface area contributed by atoms with Gasteiger partial charge in [0.15, 0.2) is 11.6 Å². The number of aromatic nitrogens is 3. The Balaban J connectivity index is 1.70. The van der Waals surface area contributed by atoms with Crippen molar-refractivity contribution in [3.63, 3.8) is 0 Å². The molecule has 1 atom stereocenters. The van der Waals surface area contributed by atoms with E-state index in [1.54, 1.807) is 18.3 Å². The number of hydrazine groups is 1. The van der Waals surface area contributed by atoms with Crippen molar-refractivity contribution in [2.45, 2.75) is 19.8 Å². The van der Waals surface area contributed by atoms with Crippen molar-refractivity contribution in [3.05, 3.63) is 36.4 Å². The van der Waals surface area contributed by atoms with E-state index in [2.05, 4.69) is 37.6 Å². The summed E-state index contributed by atoms with van der Waals surface area (Å²) < 4.78 is 0. The van der Waals surface area contributed by atoms with E-state index >= 15 is 0 Å². The number of anilines is 3. The molecule has 1 amide bonds. The molecule has 3 rings (SSSR count). The fourth-order valence-electron chi connectivity index (χ4n) is 2.80. The summed E-state index contributed by atoms with van der Waals surface area (Å²) in [6.45, 7) is 4.06. The van der Waals surface area contributed by atoms with Gasteiger partial charge in [-0.2, -0.15) is 0 Å². The standard InChI is InChI=1S/C16H21N7O/c1-11-4-3-7-23(9-11)15-13(17)14(19-10-20-15)21-22-16(24)12-5-2-6-18-8-12/h2,5-6,8,10-11H,3-4,7,9,17H2,1H3,(H,22,24)(H,19,20,21). The Hall–Kier alpha value is -2.90. The molecule has 24 heavy (non-hydrogen) atoms. The second-order valence-corrected chi connectivity index (χ2v) is 5.97. The Labute approximate surface area is 140 Å². The minimum atomic E-state index is -0.311. The van der Waals surface area contributed by atoms with Crippen LogP contribution in [0, 0.1) is 5.92 Å². The molecule has 0 saturated carbocycles. The highest BCUT2D eigenvalue weighted by Gasteiger charge is 2.21. The van der Waals surface area contributed by atoms with Crippen LogP contribution >= 0.6 is 0 Å². The summed E-state index contributed by atoms with van der Waals surface area (Å²) in [5.74, 6) is 1.38. The first kappa shape index (κ1) is 16.0. The van der Waals surface area contributed by atoms with Gasteiger partial charge in [0.25, 0.3) is 5.91 Å². The normalized spacial score (nSPS) is 17.4. The van der Waals surface area contributed by atoms with Crippen LogP contribution in [-0.4, -0.2) is 33.9 Å². The maximum Gasteiger partial charge on any atom is 0.271 e. The molecule has 4 N–H and O–H groups in total. The van der Waals surface area contributed by atoms with Crippen LogP contribution in [0.1, 0.15) is 30.1 Å². The Morgan fingerprint density at radius 2 is 2.29 bits per heavy atom. The molecule has 0 bridgehead atoms. The van der Waals surface area contributed by atoms with Gasteiger partial charge in [-0.05, 0) is 30.9 Å². The summed E-state index contributed by atoms with van der Waals surface area (Å²) >= 11 is 0. The number of hydrogen-bond donors (Lipinski definition) is 3. The van der Waals surface area contributed by atoms with Crippen molar-refractivity contribution in [1.82, 2.24) is 20.4 Å². The molecule has 1 aliphatic rings. The van der Waals surface area contributed by atoms with Crippen molar-refractivity contribution in [2.24, 2.45) is 5.92 Å². The number of carbonyl (C=O) groups excluding carboxylic acids is 1. The SMILES string of the molecule is CC1CCCN(c2ncnc(NNC(=O)c3cccnc3)c2N)C1. The lowest BCUT2D eigenvalue weighted by molar-refractivity contribution is 0.0962. The topological polar surface area (TPSA) is 109 Å². The molecule has 8 nitrogen and oxygen atoms in total. The second kappa shape index (κ2) is 7.12. The molecule has 1 aliphatic heterocycles. The molecular weight excluding hydrogens is 306 g/mol. The van der Waals surface area contributed by atoms with Crippen LogP contribution in [0.25, 0.3) is 0 Å². The predicted molar refractivity (Wildman–Crippen MR) is 92.4 cm³/mol. The highest BCUT2D eigenvalue weighted by molar-refractivity contribution is 5.94. The van der Waals surface area contributed by atoms with Gasteiger partial charge in [0.2, 0.25) is 0 Å². The van der Waals surface area contributed by atoms with E-state index in [1.165, 1.54) is 18.9 Å². The van der Waals surface area contributed by atoms with Crippen molar-refractivity contribution in [2.75, 3.05) is 29.1 Å². The fourth-order valence-corrected chi connectivity index (χ4v) is 2.80. The lowest BCUT2D eigenvalue weighted by Gasteiger charge is -2.32. The summed E-state index contributed by atoms with van der Waals surface area (Å²) in [6, 6.07) is 3.37. The number of pyridine rings is 1. The summed E-state index contributed by atoms with van der Waals surface area (Å²) in [7, 11) is 0. The van der Waals surface area contributed by atoms with Crippen LogP contribution < -0.4 is 21.5 Å². The van der Waals surface area contributed by atoms with Crippen LogP contribution in [0.3, 0.4) is 0 Å². The van der Waals surface area contributed by atoms with E-state index in [1.807, 2.05) is 0 Å². The average molecular weight is 327 g/mol. The number of piperidine rings is 1. The van der Waals surface area contributed by atoms with Crippen LogP contribution in [0.4, 0.5) is 17.3 Å². The first-order chi connectivity index (χ1) is 11.6. The Kier molecular flexibility index (Phi) is 4.74. The Morgan fingerprint density at radius 1 is 1.42 bits per heavy atom. The number of nitrogen functional groups attached to an aromatic ring is 1. The minimum Gasteiger partial charge on any atom is -0.393 e. The van der Waals surface area contributed by atoms with Crippen LogP contribution in [0.5, 0.6) is 0 Å². The third-order valence-electron chi connectivity index (χ3n) is 4.04. The fraction of sp³-hybridized carbons (Fsp3) is 0.375. The molecule has 0 radical (unpaired) electrons. The first-order valence-corrected chi connectivity index (χ1v) is 7.97. The zero-order valence-corrected chi connectivity index (χ0v) is 13.6. The van der Waals surface area contributed by atoms with Gasteiger partial charge in [0, 0.05) is 25.5 Å². The minimum absolute atomic E-state index is 0.311. The summed E-state index contributed by atoms with van der Waals surface area (Å²) in [5.41, 5.74) is 12.4. The summed E-state index contributed by atoms with van der Waals surface area (Å²) in [6.07, 6.45) is 6.88. The zero-order valence-electron chi connectivity index (χ0n) is 13.6. The number of nitrogens with two attached hydrogens (primary N) is 1. The van der Waals surface area contributed by atoms with E-state index in [4.69, 9.17) is 5.73 Å². The molecule has 1 saturated heterocycles. The number of nitrogens with one attached hydrogen (secondary N) is 2. The molecule has 2 aromatic rings. The van der Waals surface area contributed by atoms with Crippen LogP contribution in [-0.2, 0) is 0 Å². The lowest BCUT2D eigenvalue weighted by Crippen LogP contribution is -2.36. The Bertz CT molecular complexity index is 707. The smallest absolute Gasteiger partial charge is 0.271 e. The molecule has 3 heterocycles.